The molecular formula is C27H34BrN3O7. The fourth-order valence-corrected chi connectivity index (χ4v) is 6.41. The molecule has 0 saturated carbocycles. The average Bonchev–Trinajstić information content (AvgIpc) is 3.15. The van der Waals surface area contributed by atoms with Crippen LogP contribution in [0.25, 0.3) is 10.9 Å². The maximum atomic E-state index is 12.3. The molecule has 0 radical (unpaired) electrons. The van der Waals surface area contributed by atoms with Crippen LogP contribution < -0.4 is 0 Å². The van der Waals surface area contributed by atoms with Gasteiger partial charge in [0.25, 0.3) is 0 Å². The Labute approximate surface area is 229 Å². The first-order chi connectivity index (χ1) is 18.2. The van der Waals surface area contributed by atoms with Crippen molar-refractivity contribution < 1.29 is 34.1 Å². The van der Waals surface area contributed by atoms with Crippen molar-refractivity contribution in [3.63, 3.8) is 0 Å². The second-order valence-electron chi connectivity index (χ2n) is 10.0. The van der Waals surface area contributed by atoms with E-state index in [2.05, 4.69) is 57.7 Å². The van der Waals surface area contributed by atoms with Gasteiger partial charge in [-0.1, -0.05) is 12.1 Å². The molecule has 10 nitrogen and oxygen atoms in total. The number of hydrogen-bond acceptors (Lipinski definition) is 6. The molecule has 1 aromatic heterocycles. The van der Waals surface area contributed by atoms with E-state index in [0.29, 0.717) is 62.9 Å². The van der Waals surface area contributed by atoms with E-state index in [9.17, 15) is 14.4 Å². The Bertz CT molecular complexity index is 1200. The van der Waals surface area contributed by atoms with Crippen molar-refractivity contribution in [2.75, 3.05) is 46.5 Å². The Morgan fingerprint density at radius 1 is 1.13 bits per heavy atom. The van der Waals surface area contributed by atoms with Gasteiger partial charge in [-0.15, -0.1) is 0 Å². The number of carboxylic acids is 2. The number of carbonyl (C=O) groups excluding carboxylic acids is 1. The first-order valence-electron chi connectivity index (χ1n) is 12.8. The van der Waals surface area contributed by atoms with Gasteiger partial charge < -0.3 is 34.1 Å². The lowest BCUT2D eigenvalue weighted by molar-refractivity contribution is -0.134. The molecular weight excluding hydrogens is 558 g/mol. The molecule has 1 aliphatic carbocycles. The van der Waals surface area contributed by atoms with Gasteiger partial charge in [0.1, 0.15) is 0 Å². The predicted octanol–water partition coefficient (Wildman–Crippen LogP) is 3.47. The molecule has 1 unspecified atom stereocenters. The van der Waals surface area contributed by atoms with Gasteiger partial charge >= 0.3 is 18.0 Å². The zero-order valence-corrected chi connectivity index (χ0v) is 23.2. The minimum absolute atomic E-state index is 0.193. The number of ether oxygens (including phenoxy) is 2. The monoisotopic (exact) mass is 591 g/mol. The van der Waals surface area contributed by atoms with E-state index >= 15 is 0 Å². The summed E-state index contributed by atoms with van der Waals surface area (Å²) in [6.07, 6.45) is 4.10. The summed E-state index contributed by atoms with van der Waals surface area (Å²) in [4.78, 5) is 35.7. The van der Waals surface area contributed by atoms with E-state index in [1.165, 1.54) is 26.6 Å². The van der Waals surface area contributed by atoms with Crippen LogP contribution in [-0.2, 0) is 32.5 Å². The number of nitrogens with zero attached hydrogens (tertiary/aromatic N) is 3. The molecule has 3 aliphatic rings. The molecule has 2 aromatic rings. The minimum Gasteiger partial charge on any atom is -0.478 e. The van der Waals surface area contributed by atoms with E-state index in [1.54, 1.807) is 4.90 Å². The first-order valence-corrected chi connectivity index (χ1v) is 13.6. The van der Waals surface area contributed by atoms with Crippen molar-refractivity contribution in [2.45, 2.75) is 31.2 Å². The van der Waals surface area contributed by atoms with Crippen LogP contribution in [0.3, 0.4) is 0 Å². The molecule has 3 heterocycles. The zero-order valence-electron chi connectivity index (χ0n) is 21.6. The number of likely N-dealkylation sites (N-methyl/N-ethyl adjacent to an activating group) is 1. The molecule has 2 N–H and O–H groups in total. The summed E-state index contributed by atoms with van der Waals surface area (Å²) < 4.78 is 14.4. The van der Waals surface area contributed by atoms with Crippen molar-refractivity contribution in [2.24, 2.45) is 13.0 Å². The molecule has 3 atom stereocenters. The van der Waals surface area contributed by atoms with Gasteiger partial charge in [-0.05, 0) is 65.4 Å². The van der Waals surface area contributed by atoms with Crippen LogP contribution >= 0.6 is 15.9 Å². The quantitative estimate of drug-likeness (QED) is 0.507. The summed E-state index contributed by atoms with van der Waals surface area (Å²) in [6.45, 7) is 4.04. The average molecular weight is 592 g/mol. The van der Waals surface area contributed by atoms with Gasteiger partial charge in [0.2, 0.25) is 0 Å². The first kappa shape index (κ1) is 28.1. The standard InChI is InChI=1S/C23H30BrN3O3.C4H4O4/c1-25-14-15(6-9-30-23(28)27-7-10-29-11-8-27)12-17-16-4-3-5-19-21(16)18(13-20(17)25)22(24)26(19)2;5-3(6)1-2-4(7)8/h3-5,15,17,20H,6-14H2,1-2H3;1-2H,(H,5,6)(H,7,8)/b;2-1-/t15-,17?,20-;/m1./s1. The Hall–Kier alpha value is -2.89. The Balaban J connectivity index is 0.000000368. The minimum atomic E-state index is -1.26. The van der Waals surface area contributed by atoms with Gasteiger partial charge in [0.05, 0.1) is 24.4 Å². The Morgan fingerprint density at radius 3 is 2.47 bits per heavy atom. The number of rotatable bonds is 5. The highest BCUT2D eigenvalue weighted by Gasteiger charge is 2.40. The van der Waals surface area contributed by atoms with Crippen LogP contribution in [0.4, 0.5) is 4.79 Å². The lowest BCUT2D eigenvalue weighted by Crippen LogP contribution is -2.48. The van der Waals surface area contributed by atoms with E-state index in [0.717, 1.165) is 25.8 Å². The SMILES string of the molecule is CN1C[C@H](CCOC(=O)N2CCOCC2)CC2c3cccc4c3c(c(Br)n4C)C[C@H]21.O=C(O)/C=C\C(=O)O. The second-order valence-corrected chi connectivity index (χ2v) is 10.8. The molecule has 11 heteroatoms. The third kappa shape index (κ3) is 6.22. The molecule has 2 aliphatic heterocycles. The number of aryl methyl sites for hydroxylation is 1. The topological polar surface area (TPSA) is 122 Å². The zero-order chi connectivity index (χ0) is 27.4. The summed E-state index contributed by atoms with van der Waals surface area (Å²) in [6, 6.07) is 7.28. The van der Waals surface area contributed by atoms with Crippen LogP contribution in [0.5, 0.6) is 0 Å². The summed E-state index contributed by atoms with van der Waals surface area (Å²) in [7, 11) is 4.40. The lowest BCUT2D eigenvalue weighted by Gasteiger charge is -2.45. The fraction of sp³-hybridized carbons (Fsp3) is 0.519. The Morgan fingerprint density at radius 2 is 1.82 bits per heavy atom. The largest absolute Gasteiger partial charge is 0.478 e. The molecule has 38 heavy (non-hydrogen) atoms. The second kappa shape index (κ2) is 12.3. The van der Waals surface area contributed by atoms with Crippen LogP contribution in [0, 0.1) is 5.92 Å². The normalized spacial score (nSPS) is 23.0. The molecule has 0 bridgehead atoms. The summed E-state index contributed by atoms with van der Waals surface area (Å²) in [5.74, 6) is -1.44. The van der Waals surface area contributed by atoms with Gasteiger partial charge in [0.15, 0.2) is 0 Å². The van der Waals surface area contributed by atoms with Crippen LogP contribution in [-0.4, -0.2) is 95.2 Å². The maximum absolute atomic E-state index is 12.3. The third-order valence-electron chi connectivity index (χ3n) is 7.65. The smallest absolute Gasteiger partial charge is 0.409 e. The van der Waals surface area contributed by atoms with Gasteiger partial charge in [0, 0.05) is 61.7 Å². The molecule has 2 saturated heterocycles. The number of piperidine rings is 1. The highest BCUT2D eigenvalue weighted by Crippen LogP contribution is 2.47. The number of benzene rings is 1. The van der Waals surface area contributed by atoms with E-state index in [1.807, 2.05) is 0 Å². The van der Waals surface area contributed by atoms with Gasteiger partial charge in [-0.25, -0.2) is 14.4 Å². The number of aromatic nitrogens is 1. The Kier molecular flexibility index (Phi) is 9.11. The highest BCUT2D eigenvalue weighted by atomic mass is 79.9. The number of halogens is 1. The van der Waals surface area contributed by atoms with E-state index < -0.39 is 11.9 Å². The van der Waals surface area contributed by atoms with Crippen molar-refractivity contribution in [1.82, 2.24) is 14.4 Å². The number of fused-ring (bicyclic) bond motifs is 2. The molecule has 2 fully saturated rings. The van der Waals surface area contributed by atoms with E-state index in [4.69, 9.17) is 19.7 Å². The van der Waals surface area contributed by atoms with Crippen LogP contribution in [0.2, 0.25) is 0 Å². The number of morpholine rings is 1. The van der Waals surface area contributed by atoms with Crippen molar-refractivity contribution in [1.29, 1.82) is 0 Å². The molecule has 0 spiro atoms. The number of carbonyl (C=O) groups is 3. The number of carboxylic acid groups (broad SMARTS) is 2. The number of hydrogen-bond donors (Lipinski definition) is 2. The molecule has 1 aromatic carbocycles. The van der Waals surface area contributed by atoms with Crippen LogP contribution in [0.15, 0.2) is 35.0 Å². The van der Waals surface area contributed by atoms with E-state index in [-0.39, 0.29) is 6.09 Å². The van der Waals surface area contributed by atoms with Gasteiger partial charge in [-0.3, -0.25) is 0 Å². The fourth-order valence-electron chi connectivity index (χ4n) is 5.86. The molecule has 1 amide bonds. The highest BCUT2D eigenvalue weighted by molar-refractivity contribution is 9.10. The summed E-state index contributed by atoms with van der Waals surface area (Å²) in [5, 5.41) is 17.1. The van der Waals surface area contributed by atoms with Crippen molar-refractivity contribution >= 4 is 44.9 Å². The molecule has 206 valence electrons. The summed E-state index contributed by atoms with van der Waals surface area (Å²) >= 11 is 3.83. The maximum Gasteiger partial charge on any atom is 0.409 e. The summed E-state index contributed by atoms with van der Waals surface area (Å²) in [5.41, 5.74) is 4.26. The van der Waals surface area contributed by atoms with Crippen molar-refractivity contribution in [3.05, 3.63) is 46.1 Å². The van der Waals surface area contributed by atoms with Crippen molar-refractivity contribution in [3.8, 4) is 0 Å². The number of amides is 1. The number of likely N-dealkylation sites (tertiary alicyclic amines) is 1. The van der Waals surface area contributed by atoms with Gasteiger partial charge in [-0.2, -0.15) is 0 Å². The molecule has 5 rings (SSSR count). The van der Waals surface area contributed by atoms with Crippen LogP contribution in [0.1, 0.15) is 29.9 Å². The predicted molar refractivity (Wildman–Crippen MR) is 144 cm³/mol. The lowest BCUT2D eigenvalue weighted by atomic mass is 9.72. The number of aliphatic carboxylic acids is 2. The third-order valence-corrected chi connectivity index (χ3v) is 8.66.